The summed E-state index contributed by atoms with van der Waals surface area (Å²) >= 11 is 14.9. The second-order valence-corrected chi connectivity index (χ2v) is 20.3. The topological polar surface area (TPSA) is 26.3 Å². The van der Waals surface area contributed by atoms with E-state index in [2.05, 4.69) is 96.5 Å². The summed E-state index contributed by atoms with van der Waals surface area (Å²) < 4.78 is 14.0. The van der Waals surface area contributed by atoms with Gasteiger partial charge in [0.2, 0.25) is 0 Å². The van der Waals surface area contributed by atoms with Crippen molar-refractivity contribution in [2.75, 3.05) is 7.11 Å². The molecule has 0 aliphatic rings. The van der Waals surface area contributed by atoms with E-state index in [0.717, 1.165) is 47.5 Å². The van der Waals surface area contributed by atoms with E-state index in [1.807, 2.05) is 5.38 Å². The molecule has 6 heterocycles. The molecule has 10 heteroatoms. The average molecular weight is 863 g/mol. The Kier molecular flexibility index (Phi) is 11.6. The van der Waals surface area contributed by atoms with Gasteiger partial charge in [-0.1, -0.05) is 0 Å². The molecule has 0 amide bonds. The maximum atomic E-state index is 11.0. The predicted molar refractivity (Wildman–Crippen MR) is 183 cm³/mol. The molecule has 0 aliphatic heterocycles. The molecule has 206 valence electrons. The van der Waals surface area contributed by atoms with Gasteiger partial charge in [0.05, 0.1) is 0 Å². The number of carbonyl (C=O) groups is 1. The minimum atomic E-state index is 0.384. The van der Waals surface area contributed by atoms with Crippen molar-refractivity contribution in [1.82, 2.24) is 0 Å². The third-order valence-electron chi connectivity index (χ3n) is 6.06. The molecule has 0 saturated heterocycles. The SMILES string of the molecule is Brc1sccc1Cc1ccc(Cc2ccsc2Br)[se]1.COc1sccc1Cc1ccc(Cc2ccsc2C=O)[se]1. The van der Waals surface area contributed by atoms with Crippen molar-refractivity contribution in [3.63, 3.8) is 0 Å². The fourth-order valence-corrected chi connectivity index (χ4v) is 12.5. The molecule has 0 unspecified atom stereocenters. The number of hydrogen-bond acceptors (Lipinski definition) is 6. The summed E-state index contributed by atoms with van der Waals surface area (Å²) in [6.45, 7) is 0. The maximum absolute atomic E-state index is 11.0. The zero-order valence-electron chi connectivity index (χ0n) is 21.4. The van der Waals surface area contributed by atoms with Crippen LogP contribution in [0, 0.1) is 0 Å². The number of thiophene rings is 4. The summed E-state index contributed by atoms with van der Waals surface area (Å²) in [6.07, 6.45) is 5.02. The molecular formula is C30H24Br2O2S4Se2. The van der Waals surface area contributed by atoms with Crippen LogP contribution in [0.3, 0.4) is 0 Å². The van der Waals surface area contributed by atoms with Crippen LogP contribution in [0.2, 0.25) is 0 Å². The van der Waals surface area contributed by atoms with Crippen LogP contribution >= 0.6 is 77.2 Å². The number of ether oxygens (including phenoxy) is 1. The van der Waals surface area contributed by atoms with Gasteiger partial charge < -0.3 is 0 Å². The molecule has 40 heavy (non-hydrogen) atoms. The molecule has 0 spiro atoms. The van der Waals surface area contributed by atoms with Crippen LogP contribution in [0.25, 0.3) is 0 Å². The van der Waals surface area contributed by atoms with E-state index in [4.69, 9.17) is 4.74 Å². The first-order valence-electron chi connectivity index (χ1n) is 12.2. The van der Waals surface area contributed by atoms with E-state index < -0.39 is 0 Å². The monoisotopic (exact) mass is 862 g/mol. The summed E-state index contributed by atoms with van der Waals surface area (Å²) in [5, 5.41) is 9.39. The molecule has 0 radical (unpaired) electrons. The second kappa shape index (κ2) is 15.1. The molecule has 6 aromatic heterocycles. The molecule has 0 aliphatic carbocycles. The predicted octanol–water partition coefficient (Wildman–Crippen LogP) is 9.44. The van der Waals surface area contributed by atoms with E-state index in [9.17, 15) is 4.79 Å². The van der Waals surface area contributed by atoms with Gasteiger partial charge in [0.1, 0.15) is 0 Å². The first-order chi connectivity index (χ1) is 19.5. The Bertz CT molecular complexity index is 1610. The minimum absolute atomic E-state index is 0.384. The van der Waals surface area contributed by atoms with Crippen LogP contribution < -0.4 is 4.74 Å². The van der Waals surface area contributed by atoms with Crippen molar-refractivity contribution in [2.24, 2.45) is 0 Å². The normalized spacial score (nSPS) is 10.9. The number of aldehydes is 1. The summed E-state index contributed by atoms with van der Waals surface area (Å²) in [7, 11) is 1.73. The Balaban J connectivity index is 0.000000162. The molecule has 2 nitrogen and oxygen atoms in total. The zero-order chi connectivity index (χ0) is 27.9. The number of halogens is 2. The molecule has 0 bridgehead atoms. The van der Waals surface area contributed by atoms with Crippen LogP contribution in [0.1, 0.15) is 49.7 Å². The number of methoxy groups -OCH3 is 1. The number of hydrogen-bond donors (Lipinski definition) is 0. The first kappa shape index (κ1) is 30.7. The molecule has 0 atom stereocenters. The first-order valence-corrected chi connectivity index (χ1v) is 20.8. The van der Waals surface area contributed by atoms with Crippen molar-refractivity contribution < 1.29 is 9.53 Å². The van der Waals surface area contributed by atoms with Crippen LogP contribution in [-0.2, 0) is 25.7 Å². The van der Waals surface area contributed by atoms with E-state index in [1.54, 1.807) is 50.0 Å². The fourth-order valence-electron chi connectivity index (χ4n) is 4.10. The van der Waals surface area contributed by atoms with Gasteiger partial charge in [-0.15, -0.1) is 0 Å². The van der Waals surface area contributed by atoms with Crippen LogP contribution in [-0.4, -0.2) is 42.4 Å². The number of rotatable bonds is 10. The Morgan fingerprint density at radius 3 is 1.52 bits per heavy atom. The third-order valence-corrected chi connectivity index (χ3v) is 16.0. The zero-order valence-corrected chi connectivity index (χ0v) is 31.2. The summed E-state index contributed by atoms with van der Waals surface area (Å²) in [6, 6.07) is 17.7. The van der Waals surface area contributed by atoms with E-state index in [1.165, 1.54) is 44.5 Å². The van der Waals surface area contributed by atoms with Gasteiger partial charge in [0.25, 0.3) is 0 Å². The van der Waals surface area contributed by atoms with Gasteiger partial charge >= 0.3 is 282 Å². The Labute approximate surface area is 279 Å². The van der Waals surface area contributed by atoms with Crippen molar-refractivity contribution in [2.45, 2.75) is 25.7 Å². The molecule has 0 saturated carbocycles. The third kappa shape index (κ3) is 8.19. The Morgan fingerprint density at radius 1 is 0.625 bits per heavy atom. The fraction of sp³-hybridized carbons (Fsp3) is 0.167. The Morgan fingerprint density at radius 2 is 1.05 bits per heavy atom. The van der Waals surface area contributed by atoms with Crippen LogP contribution in [0.15, 0.2) is 77.6 Å². The van der Waals surface area contributed by atoms with E-state index in [-0.39, 0.29) is 0 Å². The standard InChI is InChI=1S/C16H14O2S2Se.C14H10Br2S2Se/c1-18-16-12(5-7-20-16)9-14-3-2-13(21-14)8-11-4-6-19-15(11)10-17;15-13-9(3-5-17-13)7-11-1-2-12(19-11)8-10-4-6-18-14(10)16/h2-7,10H,8-9H2,1H3;1-6H,7-8H2. The molecule has 0 N–H and O–H groups in total. The van der Waals surface area contributed by atoms with E-state index >= 15 is 0 Å². The van der Waals surface area contributed by atoms with E-state index in [0.29, 0.717) is 29.0 Å². The van der Waals surface area contributed by atoms with Crippen molar-refractivity contribution in [1.29, 1.82) is 0 Å². The van der Waals surface area contributed by atoms with Gasteiger partial charge in [-0.3, -0.25) is 0 Å². The molecule has 0 fully saturated rings. The van der Waals surface area contributed by atoms with Crippen molar-refractivity contribution >= 4 is 113 Å². The molecular weight excluding hydrogens is 838 g/mol. The van der Waals surface area contributed by atoms with Gasteiger partial charge in [-0.2, -0.15) is 0 Å². The Hall–Kier alpha value is -0.771. The molecule has 0 aromatic carbocycles. The molecule has 6 rings (SSSR count). The number of carbonyl (C=O) groups excluding carboxylic acids is 1. The summed E-state index contributed by atoms with van der Waals surface area (Å²) in [5.41, 5.74) is 5.27. The van der Waals surface area contributed by atoms with Crippen molar-refractivity contribution in [3.8, 4) is 5.06 Å². The quantitative estimate of drug-likeness (QED) is 0.101. The van der Waals surface area contributed by atoms with Gasteiger partial charge in [-0.05, 0) is 0 Å². The summed E-state index contributed by atoms with van der Waals surface area (Å²) in [5.74, 6) is 0. The van der Waals surface area contributed by atoms with Crippen molar-refractivity contribution in [3.05, 3.63) is 123 Å². The van der Waals surface area contributed by atoms with Gasteiger partial charge in [-0.25, -0.2) is 0 Å². The molecule has 6 aromatic rings. The second-order valence-electron chi connectivity index (χ2n) is 8.75. The van der Waals surface area contributed by atoms with Gasteiger partial charge in [0, 0.05) is 0 Å². The average Bonchev–Trinajstić information content (AvgIpc) is 3.79. The van der Waals surface area contributed by atoms with Crippen LogP contribution in [0.4, 0.5) is 0 Å². The van der Waals surface area contributed by atoms with Crippen LogP contribution in [0.5, 0.6) is 5.06 Å². The van der Waals surface area contributed by atoms with Gasteiger partial charge in [0.15, 0.2) is 0 Å². The summed E-state index contributed by atoms with van der Waals surface area (Å²) in [4.78, 5) is 11.8.